The average Bonchev–Trinajstić information content (AvgIpc) is 3.15. The van der Waals surface area contributed by atoms with E-state index < -0.39 is 5.91 Å². The molecule has 1 saturated heterocycles. The lowest BCUT2D eigenvalue weighted by Gasteiger charge is -2.32. The zero-order valence-corrected chi connectivity index (χ0v) is 12.4. The Morgan fingerprint density at radius 1 is 1.41 bits per heavy atom. The number of likely N-dealkylation sites (tertiary alicyclic amines) is 1. The Morgan fingerprint density at radius 3 is 2.86 bits per heavy atom. The van der Waals surface area contributed by atoms with Crippen LogP contribution in [0.3, 0.4) is 0 Å². The molecule has 0 spiro atoms. The summed E-state index contributed by atoms with van der Waals surface area (Å²) in [5.74, 6) is -0.706. The largest absolute Gasteiger partial charge is 0.440 e. The van der Waals surface area contributed by atoms with Crippen LogP contribution in [0.15, 0.2) is 22.9 Å². The number of carbonyl (C=O) groups excluding carboxylic acids is 2. The molecule has 0 aromatic carbocycles. The highest BCUT2D eigenvalue weighted by Crippen LogP contribution is 2.23. The first-order valence-electron chi connectivity index (χ1n) is 6.80. The first kappa shape index (κ1) is 14.6. The number of nitrogens with two attached hydrogens (primary N) is 1. The topological polar surface area (TPSA) is 107 Å². The number of primary amides is 1. The number of nitrogens with zero attached hydrogens (tertiary/aromatic N) is 4. The molecule has 9 heteroatoms. The highest BCUT2D eigenvalue weighted by molar-refractivity contribution is 6.29. The maximum absolute atomic E-state index is 12.4. The number of hydrogen-bond acceptors (Lipinski definition) is 5. The van der Waals surface area contributed by atoms with E-state index in [1.807, 2.05) is 0 Å². The van der Waals surface area contributed by atoms with E-state index in [9.17, 15) is 9.59 Å². The van der Waals surface area contributed by atoms with E-state index in [0.717, 1.165) is 12.8 Å². The third-order valence-electron chi connectivity index (χ3n) is 3.57. The van der Waals surface area contributed by atoms with E-state index in [2.05, 4.69) is 10.1 Å². The van der Waals surface area contributed by atoms with Crippen LogP contribution in [0.1, 0.15) is 40.1 Å². The smallest absolute Gasteiger partial charge is 0.289 e. The molecule has 3 rings (SSSR count). The number of hydrogen-bond donors (Lipinski definition) is 1. The predicted molar refractivity (Wildman–Crippen MR) is 76.4 cm³/mol. The number of amides is 2. The van der Waals surface area contributed by atoms with E-state index in [-0.39, 0.29) is 28.8 Å². The second kappa shape index (κ2) is 5.80. The second-order valence-electron chi connectivity index (χ2n) is 5.06. The molecule has 2 N–H and O–H groups in total. The van der Waals surface area contributed by atoms with Crippen molar-refractivity contribution in [2.24, 2.45) is 5.73 Å². The van der Waals surface area contributed by atoms with E-state index in [4.69, 9.17) is 21.8 Å². The van der Waals surface area contributed by atoms with Crippen molar-refractivity contribution in [2.45, 2.75) is 18.9 Å². The Morgan fingerprint density at radius 2 is 2.23 bits per heavy atom. The van der Waals surface area contributed by atoms with Gasteiger partial charge >= 0.3 is 0 Å². The van der Waals surface area contributed by atoms with Gasteiger partial charge in [0.25, 0.3) is 11.8 Å². The lowest BCUT2D eigenvalue weighted by Crippen LogP contribution is -2.40. The highest BCUT2D eigenvalue weighted by Gasteiger charge is 2.28. The molecule has 1 fully saturated rings. The van der Waals surface area contributed by atoms with E-state index in [0.29, 0.717) is 13.1 Å². The highest BCUT2D eigenvalue weighted by atomic mass is 35.5. The summed E-state index contributed by atoms with van der Waals surface area (Å²) in [7, 11) is 0. The number of aromatic nitrogens is 3. The van der Waals surface area contributed by atoms with Crippen LogP contribution in [-0.2, 0) is 0 Å². The summed E-state index contributed by atoms with van der Waals surface area (Å²) < 4.78 is 6.73. The fourth-order valence-electron chi connectivity index (χ4n) is 2.50. The summed E-state index contributed by atoms with van der Waals surface area (Å²) in [4.78, 5) is 28.9. The molecule has 0 aliphatic carbocycles. The van der Waals surface area contributed by atoms with Gasteiger partial charge in [0.1, 0.15) is 6.33 Å². The number of halogens is 1. The molecule has 0 bridgehead atoms. The van der Waals surface area contributed by atoms with E-state index >= 15 is 0 Å². The molecule has 2 aromatic rings. The van der Waals surface area contributed by atoms with Gasteiger partial charge in [0.15, 0.2) is 11.0 Å². The summed E-state index contributed by atoms with van der Waals surface area (Å²) in [5, 5.41) is 4.23. The molecule has 0 unspecified atom stereocenters. The Bertz CT molecular complexity index is 710. The summed E-state index contributed by atoms with van der Waals surface area (Å²) in [5.41, 5.74) is 5.14. The SMILES string of the molecule is NC(=O)c1ncn([C@@H]2CCCN(C(=O)c3ccc(Cl)o3)C2)n1. The van der Waals surface area contributed by atoms with Gasteiger partial charge in [-0.15, -0.1) is 5.10 Å². The Labute approximate surface area is 130 Å². The lowest BCUT2D eigenvalue weighted by molar-refractivity contribution is 0.0640. The standard InChI is InChI=1S/C13H14ClN5O3/c14-10-4-3-9(22-10)13(21)18-5-1-2-8(6-18)19-7-16-12(17-19)11(15)20/h3-4,7-8H,1-2,5-6H2,(H2,15,20)/t8-/m1/s1. The molecule has 2 aromatic heterocycles. The van der Waals surface area contributed by atoms with Gasteiger partial charge in [-0.1, -0.05) is 0 Å². The molecule has 116 valence electrons. The van der Waals surface area contributed by atoms with Crippen molar-refractivity contribution in [3.8, 4) is 0 Å². The average molecular weight is 324 g/mol. The molecular weight excluding hydrogens is 310 g/mol. The second-order valence-corrected chi connectivity index (χ2v) is 5.44. The summed E-state index contributed by atoms with van der Waals surface area (Å²) in [6.45, 7) is 1.09. The zero-order chi connectivity index (χ0) is 15.7. The fourth-order valence-corrected chi connectivity index (χ4v) is 2.65. The van der Waals surface area contributed by atoms with Gasteiger partial charge in [0, 0.05) is 13.1 Å². The van der Waals surface area contributed by atoms with Gasteiger partial charge in [-0.2, -0.15) is 0 Å². The van der Waals surface area contributed by atoms with Crippen LogP contribution < -0.4 is 5.73 Å². The maximum atomic E-state index is 12.4. The van der Waals surface area contributed by atoms with Crippen LogP contribution in [-0.4, -0.2) is 44.6 Å². The van der Waals surface area contributed by atoms with Crippen LogP contribution >= 0.6 is 11.6 Å². The normalized spacial score (nSPS) is 18.4. The Balaban J connectivity index is 1.73. The van der Waals surface area contributed by atoms with E-state index in [1.54, 1.807) is 15.6 Å². The maximum Gasteiger partial charge on any atom is 0.289 e. The summed E-state index contributed by atoms with van der Waals surface area (Å²) in [6, 6.07) is 3.03. The molecule has 3 heterocycles. The van der Waals surface area contributed by atoms with Gasteiger partial charge in [0.2, 0.25) is 5.82 Å². The van der Waals surface area contributed by atoms with Crippen molar-refractivity contribution in [2.75, 3.05) is 13.1 Å². The minimum Gasteiger partial charge on any atom is -0.440 e. The Kier molecular flexibility index (Phi) is 3.84. The minimum absolute atomic E-state index is 0.0266. The van der Waals surface area contributed by atoms with Crippen LogP contribution in [0.5, 0.6) is 0 Å². The van der Waals surface area contributed by atoms with Crippen molar-refractivity contribution >= 4 is 23.4 Å². The number of carbonyl (C=O) groups is 2. The summed E-state index contributed by atoms with van der Waals surface area (Å²) >= 11 is 5.70. The zero-order valence-electron chi connectivity index (χ0n) is 11.6. The fraction of sp³-hybridized carbons (Fsp3) is 0.385. The lowest BCUT2D eigenvalue weighted by atomic mass is 10.1. The van der Waals surface area contributed by atoms with Crippen LogP contribution in [0.25, 0.3) is 0 Å². The van der Waals surface area contributed by atoms with Gasteiger partial charge in [0.05, 0.1) is 6.04 Å². The number of rotatable bonds is 3. The minimum atomic E-state index is -0.673. The number of piperidine rings is 1. The molecular formula is C13H14ClN5O3. The first-order chi connectivity index (χ1) is 10.5. The van der Waals surface area contributed by atoms with Crippen LogP contribution in [0.2, 0.25) is 5.22 Å². The van der Waals surface area contributed by atoms with Crippen LogP contribution in [0, 0.1) is 0 Å². The molecule has 2 amide bonds. The quantitative estimate of drug-likeness (QED) is 0.910. The molecule has 1 aliphatic heterocycles. The summed E-state index contributed by atoms with van der Waals surface area (Å²) in [6.07, 6.45) is 3.11. The number of furan rings is 1. The molecule has 1 atom stereocenters. The van der Waals surface area contributed by atoms with Crippen LogP contribution in [0.4, 0.5) is 0 Å². The monoisotopic (exact) mass is 323 g/mol. The molecule has 0 radical (unpaired) electrons. The van der Waals surface area contributed by atoms with Gasteiger partial charge in [-0.05, 0) is 36.6 Å². The van der Waals surface area contributed by atoms with Gasteiger partial charge < -0.3 is 15.1 Å². The molecule has 8 nitrogen and oxygen atoms in total. The third kappa shape index (κ3) is 2.82. The van der Waals surface area contributed by atoms with Gasteiger partial charge in [-0.3, -0.25) is 9.59 Å². The molecule has 0 saturated carbocycles. The van der Waals surface area contributed by atoms with Crippen molar-refractivity contribution in [1.82, 2.24) is 19.7 Å². The van der Waals surface area contributed by atoms with E-state index in [1.165, 1.54) is 12.4 Å². The molecule has 22 heavy (non-hydrogen) atoms. The van der Waals surface area contributed by atoms with Crippen molar-refractivity contribution < 1.29 is 14.0 Å². The molecule has 1 aliphatic rings. The Hall–Kier alpha value is -2.35. The van der Waals surface area contributed by atoms with Crippen molar-refractivity contribution in [3.05, 3.63) is 35.3 Å². The first-order valence-corrected chi connectivity index (χ1v) is 7.18. The predicted octanol–water partition coefficient (Wildman–Crippen LogP) is 1.10. The van der Waals surface area contributed by atoms with Gasteiger partial charge in [-0.25, -0.2) is 9.67 Å². The third-order valence-corrected chi connectivity index (χ3v) is 3.77. The van der Waals surface area contributed by atoms with Crippen molar-refractivity contribution in [3.63, 3.8) is 0 Å². The van der Waals surface area contributed by atoms with Crippen molar-refractivity contribution in [1.29, 1.82) is 0 Å².